The van der Waals surface area contributed by atoms with E-state index in [9.17, 15) is 10.3 Å². The van der Waals surface area contributed by atoms with Crippen molar-refractivity contribution in [2.45, 2.75) is 25.8 Å². The van der Waals surface area contributed by atoms with Crippen molar-refractivity contribution in [1.82, 2.24) is 4.57 Å². The summed E-state index contributed by atoms with van der Waals surface area (Å²) in [6.45, 7) is 0.704. The molecule has 1 aromatic rings. The molecule has 1 aromatic heterocycles. The number of rotatable bonds is 0. The van der Waals surface area contributed by atoms with Gasteiger partial charge in [0.25, 0.3) is 0 Å². The monoisotopic (exact) mass is 218 g/mol. The molecular weight excluding hydrogens is 204 g/mol. The number of hydrogen-bond donors (Lipinski definition) is 1. The van der Waals surface area contributed by atoms with Crippen LogP contribution in [0, 0.1) is 11.1 Å². The number of hydroxylamine groups is 1. The van der Waals surface area contributed by atoms with Crippen molar-refractivity contribution in [3.05, 3.63) is 34.8 Å². The second-order valence-corrected chi connectivity index (χ2v) is 4.44. The fourth-order valence-corrected chi connectivity index (χ4v) is 2.58. The number of fused-ring (bicyclic) bond motifs is 2. The van der Waals surface area contributed by atoms with Crippen molar-refractivity contribution in [2.24, 2.45) is 5.92 Å². The zero-order valence-corrected chi connectivity index (χ0v) is 8.97. The largest absolute Gasteiger partial charge is 0.618 e. The molecule has 16 heavy (non-hydrogen) atoms. The molecule has 0 saturated heterocycles. The first kappa shape index (κ1) is 9.51. The molecule has 0 spiro atoms. The molecule has 0 saturated carbocycles. The zero-order chi connectivity index (χ0) is 11.1. The van der Waals surface area contributed by atoms with E-state index < -0.39 is 0 Å². The molecular formula is C12H14N2O2. The Balaban J connectivity index is 2.11. The van der Waals surface area contributed by atoms with Gasteiger partial charge in [0.05, 0.1) is 5.92 Å². The zero-order valence-electron chi connectivity index (χ0n) is 8.97. The van der Waals surface area contributed by atoms with Gasteiger partial charge in [0.1, 0.15) is 5.69 Å². The third kappa shape index (κ3) is 1.33. The van der Waals surface area contributed by atoms with Crippen molar-refractivity contribution in [3.8, 4) is 5.88 Å². The van der Waals surface area contributed by atoms with Gasteiger partial charge in [-0.05, 0) is 31.4 Å². The number of aromatic hydroxyl groups is 1. The molecule has 0 radical (unpaired) electrons. The molecule has 1 atom stereocenters. The molecule has 1 aliphatic heterocycles. The Kier molecular flexibility index (Phi) is 2.02. The van der Waals surface area contributed by atoms with Crippen molar-refractivity contribution in [2.75, 3.05) is 0 Å². The summed E-state index contributed by atoms with van der Waals surface area (Å²) in [5, 5.41) is 21.6. The van der Waals surface area contributed by atoms with E-state index in [1.807, 2.05) is 10.6 Å². The summed E-state index contributed by atoms with van der Waals surface area (Å²) >= 11 is 0. The minimum atomic E-state index is 0.238. The van der Waals surface area contributed by atoms with Crippen LogP contribution in [-0.2, 0) is 6.54 Å². The standard InChI is InChI=1S/C12H14N2O2/c15-12-6-5-10-8-14(16)11-4-2-1-3-9(11)7-13(10)12/h4-6,8-9,15H,1-3,7H2. The molecule has 84 valence electrons. The second kappa shape index (κ2) is 3.40. The Labute approximate surface area is 93.7 Å². The van der Waals surface area contributed by atoms with Crippen molar-refractivity contribution >= 4 is 6.21 Å². The van der Waals surface area contributed by atoms with E-state index in [0.29, 0.717) is 6.54 Å². The highest BCUT2D eigenvalue weighted by atomic mass is 16.5. The predicted molar refractivity (Wildman–Crippen MR) is 60.3 cm³/mol. The highest BCUT2D eigenvalue weighted by molar-refractivity contribution is 5.74. The summed E-state index contributed by atoms with van der Waals surface area (Å²) in [6, 6.07) is 3.41. The number of allylic oxidation sites excluding steroid dienone is 2. The molecule has 1 unspecified atom stereocenters. The first-order valence-electron chi connectivity index (χ1n) is 5.65. The van der Waals surface area contributed by atoms with Gasteiger partial charge in [0.15, 0.2) is 11.6 Å². The third-order valence-corrected chi connectivity index (χ3v) is 3.43. The van der Waals surface area contributed by atoms with Crippen LogP contribution in [0.5, 0.6) is 5.88 Å². The van der Waals surface area contributed by atoms with E-state index in [1.54, 1.807) is 18.3 Å². The lowest BCUT2D eigenvalue weighted by atomic mass is 9.92. The lowest BCUT2D eigenvalue weighted by molar-refractivity contribution is -0.406. The van der Waals surface area contributed by atoms with E-state index in [1.165, 1.54) is 0 Å². The lowest BCUT2D eigenvalue weighted by Crippen LogP contribution is -2.18. The Morgan fingerprint density at radius 2 is 2.31 bits per heavy atom. The van der Waals surface area contributed by atoms with Crippen LogP contribution in [0.25, 0.3) is 0 Å². The summed E-state index contributed by atoms with van der Waals surface area (Å²) in [4.78, 5) is 0. The van der Waals surface area contributed by atoms with Crippen LogP contribution < -0.4 is 0 Å². The normalized spacial score (nSPS) is 23.9. The fourth-order valence-electron chi connectivity index (χ4n) is 2.58. The highest BCUT2D eigenvalue weighted by Gasteiger charge is 2.29. The van der Waals surface area contributed by atoms with Crippen LogP contribution in [0.15, 0.2) is 23.9 Å². The van der Waals surface area contributed by atoms with Gasteiger partial charge in [0, 0.05) is 12.6 Å². The van der Waals surface area contributed by atoms with Gasteiger partial charge in [0.2, 0.25) is 6.21 Å². The molecule has 1 N–H and O–H groups in total. The van der Waals surface area contributed by atoms with Gasteiger partial charge in [-0.15, -0.1) is 0 Å². The third-order valence-electron chi connectivity index (χ3n) is 3.43. The van der Waals surface area contributed by atoms with E-state index in [2.05, 4.69) is 0 Å². The maximum Gasteiger partial charge on any atom is 0.204 e. The quantitative estimate of drug-likeness (QED) is 0.533. The summed E-state index contributed by atoms with van der Waals surface area (Å²) in [6.07, 6.45) is 6.71. The van der Waals surface area contributed by atoms with Crippen molar-refractivity contribution in [1.29, 1.82) is 0 Å². The van der Waals surface area contributed by atoms with Gasteiger partial charge in [-0.25, -0.2) is 0 Å². The molecule has 2 heterocycles. The Bertz CT molecular complexity index is 485. The highest BCUT2D eigenvalue weighted by Crippen LogP contribution is 2.30. The average molecular weight is 218 g/mol. The minimum absolute atomic E-state index is 0.238. The molecule has 0 fully saturated rings. The first-order valence-corrected chi connectivity index (χ1v) is 5.65. The summed E-state index contributed by atoms with van der Waals surface area (Å²) in [5.74, 6) is 0.480. The number of nitrogens with zero attached hydrogens (tertiary/aromatic N) is 2. The second-order valence-electron chi connectivity index (χ2n) is 4.44. The molecule has 3 rings (SSSR count). The predicted octanol–water partition coefficient (Wildman–Crippen LogP) is 1.82. The van der Waals surface area contributed by atoms with Gasteiger partial charge in [-0.2, -0.15) is 4.74 Å². The van der Waals surface area contributed by atoms with Gasteiger partial charge in [-0.1, -0.05) is 0 Å². The molecule has 0 amide bonds. The number of aromatic nitrogens is 1. The Morgan fingerprint density at radius 3 is 3.19 bits per heavy atom. The van der Waals surface area contributed by atoms with Crippen LogP contribution in [0.1, 0.15) is 25.0 Å². The maximum absolute atomic E-state index is 11.9. The summed E-state index contributed by atoms with van der Waals surface area (Å²) in [7, 11) is 0. The molecule has 0 bridgehead atoms. The van der Waals surface area contributed by atoms with Gasteiger partial charge >= 0.3 is 0 Å². The van der Waals surface area contributed by atoms with E-state index in [0.717, 1.165) is 35.4 Å². The van der Waals surface area contributed by atoms with E-state index in [4.69, 9.17) is 0 Å². The topological polar surface area (TPSA) is 51.2 Å². The van der Waals surface area contributed by atoms with Crippen LogP contribution in [0.3, 0.4) is 0 Å². The van der Waals surface area contributed by atoms with Crippen LogP contribution in [0.4, 0.5) is 0 Å². The van der Waals surface area contributed by atoms with E-state index in [-0.39, 0.29) is 11.8 Å². The SMILES string of the molecule is [O-][N+]1=Cc2ccc(O)n2CC2CCCC=C21. The van der Waals surface area contributed by atoms with E-state index >= 15 is 0 Å². The lowest BCUT2D eigenvalue weighted by Gasteiger charge is -2.20. The summed E-state index contributed by atoms with van der Waals surface area (Å²) in [5.41, 5.74) is 1.64. The van der Waals surface area contributed by atoms with Crippen LogP contribution >= 0.6 is 0 Å². The molecule has 4 nitrogen and oxygen atoms in total. The molecule has 4 heteroatoms. The molecule has 0 aromatic carbocycles. The Morgan fingerprint density at radius 1 is 1.44 bits per heavy atom. The number of hydrogen-bond acceptors (Lipinski definition) is 2. The van der Waals surface area contributed by atoms with Gasteiger partial charge in [-0.3, -0.25) is 0 Å². The fraction of sp³-hybridized carbons (Fsp3) is 0.417. The van der Waals surface area contributed by atoms with Crippen LogP contribution in [-0.4, -0.2) is 20.6 Å². The smallest absolute Gasteiger partial charge is 0.204 e. The average Bonchev–Trinajstić information content (AvgIpc) is 2.56. The summed E-state index contributed by atoms with van der Waals surface area (Å²) < 4.78 is 2.77. The van der Waals surface area contributed by atoms with Crippen molar-refractivity contribution < 1.29 is 9.85 Å². The van der Waals surface area contributed by atoms with Crippen LogP contribution in [0.2, 0.25) is 0 Å². The maximum atomic E-state index is 11.9. The Hall–Kier alpha value is -1.71. The van der Waals surface area contributed by atoms with Gasteiger partial charge < -0.3 is 14.9 Å². The minimum Gasteiger partial charge on any atom is -0.618 e. The molecule has 2 aliphatic rings. The first-order chi connectivity index (χ1) is 7.75. The molecule has 1 aliphatic carbocycles. The van der Waals surface area contributed by atoms with Crippen molar-refractivity contribution in [3.63, 3.8) is 0 Å².